The molecule has 0 saturated heterocycles. The van der Waals surface area contributed by atoms with Crippen LogP contribution in [0.1, 0.15) is 40.9 Å². The highest BCUT2D eigenvalue weighted by atomic mass is 35.5. The highest BCUT2D eigenvalue weighted by molar-refractivity contribution is 7.21. The number of carbonyl (C=O) groups excluding carboxylic acids is 1. The maximum absolute atomic E-state index is 14.6. The molecule has 2 aromatic heterocycles. The Labute approximate surface area is 227 Å². The first-order valence-corrected chi connectivity index (χ1v) is 13.4. The van der Waals surface area contributed by atoms with Crippen LogP contribution in [0.2, 0.25) is 5.02 Å². The summed E-state index contributed by atoms with van der Waals surface area (Å²) < 4.78 is 48.5. The molecule has 0 aliphatic heterocycles. The number of hydrogen-bond donors (Lipinski definition) is 1. The average Bonchev–Trinajstić information content (AvgIpc) is 3.28. The fourth-order valence-electron chi connectivity index (χ4n) is 4.98. The quantitative estimate of drug-likeness (QED) is 0.277. The number of halogens is 4. The van der Waals surface area contributed by atoms with Gasteiger partial charge in [-0.05, 0) is 61.6 Å². The number of ether oxygens (including phenoxy) is 1. The summed E-state index contributed by atoms with van der Waals surface area (Å²) >= 11 is 7.33. The Kier molecular flexibility index (Phi) is 7.61. The second kappa shape index (κ2) is 10.9. The number of nitrogens with two attached hydrogens (primary N) is 1. The monoisotopic (exact) mass is 559 g/mol. The number of pyridine rings is 1. The van der Waals surface area contributed by atoms with Crippen molar-refractivity contribution in [2.45, 2.75) is 44.3 Å². The molecule has 5 nitrogen and oxygen atoms in total. The zero-order chi connectivity index (χ0) is 27.0. The van der Waals surface area contributed by atoms with Crippen LogP contribution in [0.4, 0.5) is 13.2 Å². The maximum Gasteiger partial charge on any atom is 0.266 e. The standard InChI is InChI=1S/C28H25ClF3N3O2S/c1-37-23-9-2-15(16-11-18(30)13-34-12-16)10-17(23)14-35(20-5-3-19(33)4-6-20)28(36)27-25(29)24-21(31)7-8-22(32)26(24)38-27/h2,7-13,19-20H,3-6,14,33H2,1H3/t19-,20+. The first-order valence-electron chi connectivity index (χ1n) is 12.2. The SMILES string of the molecule is COc1ccc(-c2cncc(F)c2)cc1CN(C(=O)c1sc2c(F)ccc(F)c2c1Cl)[C@H]1CC[C@@H](N)CC1. The van der Waals surface area contributed by atoms with Crippen molar-refractivity contribution in [1.82, 2.24) is 9.88 Å². The molecule has 2 aromatic carbocycles. The number of hydrogen-bond acceptors (Lipinski definition) is 5. The minimum Gasteiger partial charge on any atom is -0.496 e. The van der Waals surface area contributed by atoms with Gasteiger partial charge < -0.3 is 15.4 Å². The molecule has 198 valence electrons. The van der Waals surface area contributed by atoms with Crippen LogP contribution in [0.15, 0.2) is 48.8 Å². The summed E-state index contributed by atoms with van der Waals surface area (Å²) in [5.41, 5.74) is 8.09. The normalized spacial score (nSPS) is 17.5. The lowest BCUT2D eigenvalue weighted by Gasteiger charge is -2.36. The average molecular weight is 560 g/mol. The van der Waals surface area contributed by atoms with Gasteiger partial charge in [0.1, 0.15) is 28.1 Å². The van der Waals surface area contributed by atoms with Crippen LogP contribution in [0, 0.1) is 17.5 Å². The third-order valence-electron chi connectivity index (χ3n) is 6.98. The molecule has 0 atom stereocenters. The van der Waals surface area contributed by atoms with E-state index in [4.69, 9.17) is 22.1 Å². The molecule has 4 aromatic rings. The van der Waals surface area contributed by atoms with Crippen LogP contribution in [-0.4, -0.2) is 35.0 Å². The fourth-order valence-corrected chi connectivity index (χ4v) is 6.49. The molecule has 2 N–H and O–H groups in total. The Balaban J connectivity index is 1.57. The van der Waals surface area contributed by atoms with Gasteiger partial charge in [-0.1, -0.05) is 17.7 Å². The number of amides is 1. The molecule has 0 spiro atoms. The van der Waals surface area contributed by atoms with Crippen LogP contribution in [0.5, 0.6) is 5.75 Å². The second-order valence-electron chi connectivity index (χ2n) is 9.40. The first kappa shape index (κ1) is 26.5. The van der Waals surface area contributed by atoms with Gasteiger partial charge in [-0.3, -0.25) is 9.78 Å². The third-order valence-corrected chi connectivity index (χ3v) is 8.65. The molecule has 5 rings (SSSR count). The number of rotatable bonds is 6. The Morgan fingerprint density at radius 3 is 2.50 bits per heavy atom. The fraction of sp³-hybridized carbons (Fsp3) is 0.286. The van der Waals surface area contributed by atoms with Gasteiger partial charge in [-0.15, -0.1) is 11.3 Å². The van der Waals surface area contributed by atoms with Crippen molar-refractivity contribution in [3.05, 3.63) is 81.7 Å². The van der Waals surface area contributed by atoms with Gasteiger partial charge in [0.2, 0.25) is 0 Å². The van der Waals surface area contributed by atoms with Crippen LogP contribution >= 0.6 is 22.9 Å². The van der Waals surface area contributed by atoms with Gasteiger partial charge in [0, 0.05) is 36.0 Å². The molecule has 10 heteroatoms. The molecule has 38 heavy (non-hydrogen) atoms. The molecule has 1 saturated carbocycles. The lowest BCUT2D eigenvalue weighted by molar-refractivity contribution is 0.0610. The number of aromatic nitrogens is 1. The van der Waals surface area contributed by atoms with Gasteiger partial charge in [0.25, 0.3) is 5.91 Å². The summed E-state index contributed by atoms with van der Waals surface area (Å²) in [6, 6.07) is 8.67. The molecule has 0 bridgehead atoms. The summed E-state index contributed by atoms with van der Waals surface area (Å²) in [6.45, 7) is 0.147. The van der Waals surface area contributed by atoms with E-state index in [1.54, 1.807) is 23.2 Å². The van der Waals surface area contributed by atoms with Crippen LogP contribution in [-0.2, 0) is 6.54 Å². The van der Waals surface area contributed by atoms with Gasteiger partial charge >= 0.3 is 0 Å². The molecular formula is C28H25ClF3N3O2S. The van der Waals surface area contributed by atoms with Crippen LogP contribution in [0.25, 0.3) is 21.2 Å². The number of nitrogens with zero attached hydrogens (tertiary/aromatic N) is 2. The summed E-state index contributed by atoms with van der Waals surface area (Å²) in [6.07, 6.45) is 5.51. The molecular weight excluding hydrogens is 535 g/mol. The smallest absolute Gasteiger partial charge is 0.266 e. The zero-order valence-corrected chi connectivity index (χ0v) is 22.1. The highest BCUT2D eigenvalue weighted by Crippen LogP contribution is 2.40. The van der Waals surface area contributed by atoms with Crippen molar-refractivity contribution in [1.29, 1.82) is 0 Å². The van der Waals surface area contributed by atoms with E-state index in [2.05, 4.69) is 4.98 Å². The Morgan fingerprint density at radius 2 is 1.82 bits per heavy atom. The molecule has 1 amide bonds. The third kappa shape index (κ3) is 5.10. The molecule has 0 unspecified atom stereocenters. The van der Waals surface area contributed by atoms with Crippen molar-refractivity contribution in [2.24, 2.45) is 5.73 Å². The number of benzene rings is 2. The summed E-state index contributed by atoms with van der Waals surface area (Å²) in [5.74, 6) is -1.66. The van der Waals surface area contributed by atoms with Gasteiger partial charge in [0.05, 0.1) is 28.4 Å². The lowest BCUT2D eigenvalue weighted by atomic mass is 9.90. The summed E-state index contributed by atoms with van der Waals surface area (Å²) in [4.78, 5) is 19.7. The maximum atomic E-state index is 14.6. The number of thiophene rings is 1. The van der Waals surface area contributed by atoms with Gasteiger partial charge in [-0.25, -0.2) is 13.2 Å². The summed E-state index contributed by atoms with van der Waals surface area (Å²) in [5, 5.41) is -0.195. The molecule has 0 radical (unpaired) electrons. The summed E-state index contributed by atoms with van der Waals surface area (Å²) in [7, 11) is 1.53. The topological polar surface area (TPSA) is 68.5 Å². The van der Waals surface area contributed by atoms with Crippen LogP contribution in [0.3, 0.4) is 0 Å². The number of methoxy groups -OCH3 is 1. The molecule has 1 aliphatic rings. The van der Waals surface area contributed by atoms with E-state index >= 15 is 0 Å². The van der Waals surface area contributed by atoms with E-state index in [1.165, 1.54) is 13.2 Å². The van der Waals surface area contributed by atoms with Crippen LogP contribution < -0.4 is 10.5 Å². The van der Waals surface area contributed by atoms with E-state index in [-0.39, 0.29) is 38.6 Å². The lowest BCUT2D eigenvalue weighted by Crippen LogP contribution is -2.43. The molecule has 1 aliphatic carbocycles. The van der Waals surface area contributed by atoms with E-state index in [0.717, 1.165) is 42.5 Å². The Morgan fingerprint density at radius 1 is 1.08 bits per heavy atom. The Bertz CT molecular complexity index is 1500. The van der Waals surface area contributed by atoms with E-state index in [9.17, 15) is 18.0 Å². The molecule has 1 fully saturated rings. The van der Waals surface area contributed by atoms with Crippen molar-refractivity contribution in [3.63, 3.8) is 0 Å². The predicted octanol–water partition coefficient (Wildman–Crippen LogP) is 6.95. The predicted molar refractivity (Wildman–Crippen MR) is 143 cm³/mol. The van der Waals surface area contributed by atoms with E-state index < -0.39 is 23.4 Å². The Hall–Kier alpha value is -3.14. The first-order chi connectivity index (χ1) is 18.3. The van der Waals surface area contributed by atoms with Crippen molar-refractivity contribution >= 4 is 38.9 Å². The second-order valence-corrected chi connectivity index (χ2v) is 10.8. The minimum absolute atomic E-state index is 0.00199. The largest absolute Gasteiger partial charge is 0.496 e. The number of carbonyl (C=O) groups is 1. The van der Waals surface area contributed by atoms with Gasteiger partial charge in [0.15, 0.2) is 0 Å². The van der Waals surface area contributed by atoms with Crippen molar-refractivity contribution in [2.75, 3.05) is 7.11 Å². The zero-order valence-electron chi connectivity index (χ0n) is 20.5. The van der Waals surface area contributed by atoms with Gasteiger partial charge in [-0.2, -0.15) is 0 Å². The highest BCUT2D eigenvalue weighted by Gasteiger charge is 2.32. The van der Waals surface area contributed by atoms with E-state index in [1.807, 2.05) is 6.07 Å². The van der Waals surface area contributed by atoms with Crippen molar-refractivity contribution < 1.29 is 22.7 Å². The molecule has 2 heterocycles. The number of fused-ring (bicyclic) bond motifs is 1. The van der Waals surface area contributed by atoms with Crippen molar-refractivity contribution in [3.8, 4) is 16.9 Å². The minimum atomic E-state index is -0.685. The van der Waals surface area contributed by atoms with E-state index in [0.29, 0.717) is 35.3 Å².